The summed E-state index contributed by atoms with van der Waals surface area (Å²) in [6.45, 7) is 4.73. The van der Waals surface area contributed by atoms with Crippen LogP contribution in [-0.2, 0) is 17.8 Å². The number of nitrogens with one attached hydrogen (secondary N) is 1. The molecule has 1 aliphatic heterocycles. The maximum atomic E-state index is 12.1. The molecule has 1 aromatic heterocycles. The highest BCUT2D eigenvalue weighted by atomic mass is 32.1. The van der Waals surface area contributed by atoms with Gasteiger partial charge in [-0.2, -0.15) is 0 Å². The van der Waals surface area contributed by atoms with Crippen molar-refractivity contribution in [2.24, 2.45) is 5.92 Å². The molecule has 1 aromatic rings. The van der Waals surface area contributed by atoms with Gasteiger partial charge in [-0.3, -0.25) is 4.79 Å². The van der Waals surface area contributed by atoms with Gasteiger partial charge in [0.1, 0.15) is 5.01 Å². The summed E-state index contributed by atoms with van der Waals surface area (Å²) < 4.78 is 0. The number of thiazole rings is 1. The Morgan fingerprint density at radius 2 is 2.35 bits per heavy atom. The molecule has 7 heteroatoms. The highest BCUT2D eigenvalue weighted by Crippen LogP contribution is 2.24. The summed E-state index contributed by atoms with van der Waals surface area (Å²) in [5, 5.41) is 12.7. The number of amides is 2. The van der Waals surface area contributed by atoms with Gasteiger partial charge in [0.25, 0.3) is 0 Å². The molecular weight excluding hydrogens is 278 g/mol. The molecule has 6 nitrogen and oxygen atoms in total. The van der Waals surface area contributed by atoms with Crippen LogP contribution in [0.1, 0.15) is 30.2 Å². The predicted octanol–water partition coefficient (Wildman–Crippen LogP) is 1.71. The third-order valence-corrected chi connectivity index (χ3v) is 4.82. The second-order valence-corrected chi connectivity index (χ2v) is 6.10. The van der Waals surface area contributed by atoms with E-state index in [2.05, 4.69) is 17.2 Å². The summed E-state index contributed by atoms with van der Waals surface area (Å²) in [4.78, 5) is 30.1. The Bertz CT molecular complexity index is 503. The zero-order valence-electron chi connectivity index (χ0n) is 11.6. The van der Waals surface area contributed by atoms with Crippen molar-refractivity contribution in [2.45, 2.75) is 39.3 Å². The van der Waals surface area contributed by atoms with E-state index in [0.717, 1.165) is 11.4 Å². The van der Waals surface area contributed by atoms with Crippen molar-refractivity contribution >= 4 is 23.3 Å². The molecule has 1 aliphatic rings. The molecule has 0 saturated carbocycles. The van der Waals surface area contributed by atoms with Gasteiger partial charge >= 0.3 is 12.0 Å². The Morgan fingerprint density at radius 3 is 2.90 bits per heavy atom. The van der Waals surface area contributed by atoms with Gasteiger partial charge in [0.15, 0.2) is 0 Å². The molecule has 2 heterocycles. The average molecular weight is 297 g/mol. The van der Waals surface area contributed by atoms with Crippen LogP contribution >= 0.6 is 11.3 Å². The summed E-state index contributed by atoms with van der Waals surface area (Å²) in [5.41, 5.74) is 0. The van der Waals surface area contributed by atoms with Gasteiger partial charge < -0.3 is 15.3 Å². The number of aliphatic carboxylic acids is 1. The fourth-order valence-corrected chi connectivity index (χ4v) is 3.20. The number of nitrogens with zero attached hydrogens (tertiary/aromatic N) is 2. The first-order valence-electron chi connectivity index (χ1n) is 6.73. The highest BCUT2D eigenvalue weighted by molar-refractivity contribution is 7.11. The predicted molar refractivity (Wildman–Crippen MR) is 75.6 cm³/mol. The number of carboxylic acids is 1. The first-order valence-corrected chi connectivity index (χ1v) is 7.55. The Kier molecular flexibility index (Phi) is 4.59. The van der Waals surface area contributed by atoms with E-state index in [1.165, 1.54) is 4.88 Å². The molecule has 110 valence electrons. The minimum atomic E-state index is -0.833. The lowest BCUT2D eigenvalue weighted by atomic mass is 10.0. The van der Waals surface area contributed by atoms with E-state index in [1.807, 2.05) is 6.20 Å². The normalized spacial score (nSPS) is 22.0. The molecule has 2 rings (SSSR count). The summed E-state index contributed by atoms with van der Waals surface area (Å²) in [7, 11) is 0. The van der Waals surface area contributed by atoms with Crippen molar-refractivity contribution in [1.29, 1.82) is 0 Å². The van der Waals surface area contributed by atoms with E-state index in [9.17, 15) is 9.59 Å². The fourth-order valence-electron chi connectivity index (χ4n) is 2.40. The number of likely N-dealkylation sites (tertiary alicyclic amines) is 1. The summed E-state index contributed by atoms with van der Waals surface area (Å²) in [5.74, 6) is -1.30. The summed E-state index contributed by atoms with van der Waals surface area (Å²) in [6, 6.07) is -0.482. The molecular formula is C13H19N3O3S. The Morgan fingerprint density at radius 1 is 1.60 bits per heavy atom. The van der Waals surface area contributed by atoms with E-state index in [-0.39, 0.29) is 12.1 Å². The van der Waals surface area contributed by atoms with Gasteiger partial charge in [-0.15, -0.1) is 11.3 Å². The number of carbonyl (C=O) groups is 2. The fraction of sp³-hybridized carbons (Fsp3) is 0.615. The average Bonchev–Trinajstić information content (AvgIpc) is 3.02. The van der Waals surface area contributed by atoms with Crippen LogP contribution in [0.3, 0.4) is 0 Å². The van der Waals surface area contributed by atoms with Gasteiger partial charge in [-0.25, -0.2) is 9.78 Å². The van der Waals surface area contributed by atoms with Crippen LogP contribution in [0, 0.1) is 5.92 Å². The summed E-state index contributed by atoms with van der Waals surface area (Å²) in [6.07, 6.45) is 3.28. The maximum absolute atomic E-state index is 12.1. The maximum Gasteiger partial charge on any atom is 0.318 e. The van der Waals surface area contributed by atoms with Gasteiger partial charge in [-0.05, 0) is 19.8 Å². The van der Waals surface area contributed by atoms with Crippen LogP contribution in [0.2, 0.25) is 0 Å². The second kappa shape index (κ2) is 6.21. The molecule has 0 radical (unpaired) electrons. The number of aryl methyl sites for hydroxylation is 1. The van der Waals surface area contributed by atoms with Crippen molar-refractivity contribution in [2.75, 3.05) is 6.54 Å². The smallest absolute Gasteiger partial charge is 0.318 e. The van der Waals surface area contributed by atoms with E-state index < -0.39 is 11.9 Å². The lowest BCUT2D eigenvalue weighted by Crippen LogP contribution is -2.43. The van der Waals surface area contributed by atoms with Gasteiger partial charge in [0.2, 0.25) is 0 Å². The van der Waals surface area contributed by atoms with Gasteiger partial charge in [0, 0.05) is 23.7 Å². The molecule has 0 aliphatic carbocycles. The molecule has 2 amide bonds. The summed E-state index contributed by atoms with van der Waals surface area (Å²) >= 11 is 1.59. The molecule has 1 fully saturated rings. The molecule has 0 spiro atoms. The SMILES string of the molecule is CCc1cnc(CNC(=O)N2CCC(C(=O)O)C2C)s1. The number of hydrogen-bond acceptors (Lipinski definition) is 4. The lowest BCUT2D eigenvalue weighted by Gasteiger charge is -2.23. The van der Waals surface area contributed by atoms with Crippen molar-refractivity contribution in [3.05, 3.63) is 16.1 Å². The van der Waals surface area contributed by atoms with Gasteiger partial charge in [-0.1, -0.05) is 6.92 Å². The van der Waals surface area contributed by atoms with Crippen LogP contribution < -0.4 is 5.32 Å². The number of hydrogen-bond donors (Lipinski definition) is 2. The molecule has 2 N–H and O–H groups in total. The molecule has 0 aromatic carbocycles. The zero-order valence-corrected chi connectivity index (χ0v) is 12.4. The number of aromatic nitrogens is 1. The number of rotatable bonds is 4. The van der Waals surface area contributed by atoms with Crippen LogP contribution in [0.5, 0.6) is 0 Å². The van der Waals surface area contributed by atoms with E-state index >= 15 is 0 Å². The Hall–Kier alpha value is -1.63. The first kappa shape index (κ1) is 14.8. The Labute approximate surface area is 121 Å². The molecule has 2 atom stereocenters. The van der Waals surface area contributed by atoms with Crippen molar-refractivity contribution in [3.8, 4) is 0 Å². The van der Waals surface area contributed by atoms with E-state index in [1.54, 1.807) is 23.2 Å². The first-order chi connectivity index (χ1) is 9.52. The molecule has 1 saturated heterocycles. The second-order valence-electron chi connectivity index (χ2n) is 4.90. The third-order valence-electron chi connectivity index (χ3n) is 3.67. The van der Waals surface area contributed by atoms with Crippen LogP contribution in [0.4, 0.5) is 4.79 Å². The van der Waals surface area contributed by atoms with Crippen LogP contribution in [-0.4, -0.2) is 39.6 Å². The highest BCUT2D eigenvalue weighted by Gasteiger charge is 2.37. The molecule has 0 bridgehead atoms. The van der Waals surface area contributed by atoms with Crippen LogP contribution in [0.25, 0.3) is 0 Å². The minimum absolute atomic E-state index is 0.213. The number of urea groups is 1. The van der Waals surface area contributed by atoms with Gasteiger partial charge in [0.05, 0.1) is 12.5 Å². The van der Waals surface area contributed by atoms with Crippen molar-refractivity contribution < 1.29 is 14.7 Å². The standard InChI is InChI=1S/C13H19N3O3S/c1-3-9-6-14-11(20-9)7-15-13(19)16-5-4-10(8(16)2)12(17)18/h6,8,10H,3-5,7H2,1-2H3,(H,15,19)(H,17,18). The minimum Gasteiger partial charge on any atom is -0.481 e. The monoisotopic (exact) mass is 297 g/mol. The van der Waals surface area contributed by atoms with Crippen molar-refractivity contribution in [3.63, 3.8) is 0 Å². The zero-order chi connectivity index (χ0) is 14.7. The largest absolute Gasteiger partial charge is 0.481 e. The lowest BCUT2D eigenvalue weighted by molar-refractivity contribution is -0.142. The van der Waals surface area contributed by atoms with Crippen LogP contribution in [0.15, 0.2) is 6.20 Å². The topological polar surface area (TPSA) is 82.5 Å². The molecule has 20 heavy (non-hydrogen) atoms. The quantitative estimate of drug-likeness (QED) is 0.886. The third kappa shape index (κ3) is 3.09. The van der Waals surface area contributed by atoms with E-state index in [0.29, 0.717) is 19.5 Å². The van der Waals surface area contributed by atoms with E-state index in [4.69, 9.17) is 5.11 Å². The number of carboxylic acid groups (broad SMARTS) is 1. The number of carbonyl (C=O) groups excluding carboxylic acids is 1. The van der Waals surface area contributed by atoms with Crippen molar-refractivity contribution in [1.82, 2.24) is 15.2 Å². The molecule has 2 unspecified atom stereocenters. The Balaban J connectivity index is 1.88.